The van der Waals surface area contributed by atoms with Crippen LogP contribution in [0.1, 0.15) is 26.2 Å². The van der Waals surface area contributed by atoms with Gasteiger partial charge in [-0.3, -0.25) is 0 Å². The molecule has 1 atom stereocenters. The summed E-state index contributed by atoms with van der Waals surface area (Å²) in [4.78, 5) is 5.00. The smallest absolute Gasteiger partial charge is 0.0368 e. The van der Waals surface area contributed by atoms with E-state index in [4.69, 9.17) is 0 Å². The molecule has 0 bridgehead atoms. The first-order chi connectivity index (χ1) is 9.33. The Morgan fingerprint density at radius 2 is 1.47 bits per heavy atom. The quantitative estimate of drug-likeness (QED) is 0.880. The number of anilines is 2. The highest BCUT2D eigenvalue weighted by Crippen LogP contribution is 2.24. The molecule has 1 aromatic rings. The van der Waals surface area contributed by atoms with Crippen molar-refractivity contribution in [2.24, 2.45) is 0 Å². The summed E-state index contributed by atoms with van der Waals surface area (Å²) in [7, 11) is 0. The van der Waals surface area contributed by atoms with Gasteiger partial charge in [0.15, 0.2) is 0 Å². The predicted octanol–water partition coefficient (Wildman–Crippen LogP) is 2.48. The van der Waals surface area contributed by atoms with Gasteiger partial charge in [0.1, 0.15) is 0 Å². The second-order valence-corrected chi connectivity index (χ2v) is 5.84. The molecular weight excluding hydrogens is 234 g/mol. The second kappa shape index (κ2) is 5.83. The number of hydrogen-bond donors (Lipinski definition) is 1. The van der Waals surface area contributed by atoms with Crippen LogP contribution in [0.3, 0.4) is 0 Å². The lowest BCUT2D eigenvalue weighted by Gasteiger charge is -2.24. The van der Waals surface area contributed by atoms with Crippen molar-refractivity contribution in [3.8, 4) is 0 Å². The Hall–Kier alpha value is -1.22. The van der Waals surface area contributed by atoms with Gasteiger partial charge >= 0.3 is 0 Å². The molecule has 0 aromatic heterocycles. The van der Waals surface area contributed by atoms with Crippen molar-refractivity contribution in [1.82, 2.24) is 5.32 Å². The molecule has 3 heteroatoms. The minimum absolute atomic E-state index is 0.647. The van der Waals surface area contributed by atoms with Gasteiger partial charge in [0.2, 0.25) is 0 Å². The summed E-state index contributed by atoms with van der Waals surface area (Å²) >= 11 is 0. The summed E-state index contributed by atoms with van der Waals surface area (Å²) in [5, 5.41) is 3.55. The summed E-state index contributed by atoms with van der Waals surface area (Å²) < 4.78 is 0. The molecule has 2 aliphatic rings. The van der Waals surface area contributed by atoms with E-state index in [1.807, 2.05) is 0 Å². The second-order valence-electron chi connectivity index (χ2n) is 5.84. The molecule has 0 spiro atoms. The number of nitrogens with one attached hydrogen (secondary N) is 1. The Labute approximate surface area is 116 Å². The third-order valence-electron chi connectivity index (χ3n) is 4.39. The first-order valence-electron chi connectivity index (χ1n) is 7.66. The summed E-state index contributed by atoms with van der Waals surface area (Å²) in [6.45, 7) is 8.11. The van der Waals surface area contributed by atoms with Gasteiger partial charge in [-0.05, 0) is 50.5 Å². The summed E-state index contributed by atoms with van der Waals surface area (Å²) in [5.74, 6) is 0. The Morgan fingerprint density at radius 3 is 2.11 bits per heavy atom. The molecule has 1 unspecified atom stereocenters. The van der Waals surface area contributed by atoms with Crippen molar-refractivity contribution in [3.05, 3.63) is 24.3 Å². The summed E-state index contributed by atoms with van der Waals surface area (Å²) in [6.07, 6.45) is 3.92. The molecule has 104 valence electrons. The zero-order valence-corrected chi connectivity index (χ0v) is 11.9. The summed E-state index contributed by atoms with van der Waals surface area (Å²) in [6, 6.07) is 9.83. The molecule has 0 radical (unpaired) electrons. The average molecular weight is 259 g/mol. The van der Waals surface area contributed by atoms with Crippen molar-refractivity contribution in [3.63, 3.8) is 0 Å². The molecule has 2 aliphatic heterocycles. The fraction of sp³-hybridized carbons (Fsp3) is 0.625. The van der Waals surface area contributed by atoms with Crippen LogP contribution in [-0.2, 0) is 0 Å². The molecule has 3 nitrogen and oxygen atoms in total. The molecule has 2 heterocycles. The normalized spacial score (nSPS) is 24.6. The van der Waals surface area contributed by atoms with Crippen molar-refractivity contribution in [1.29, 1.82) is 0 Å². The first kappa shape index (κ1) is 12.8. The van der Waals surface area contributed by atoms with Crippen LogP contribution in [-0.4, -0.2) is 38.8 Å². The third kappa shape index (κ3) is 3.03. The molecule has 1 N–H and O–H groups in total. The molecule has 0 amide bonds. The highest BCUT2D eigenvalue weighted by atomic mass is 15.2. The van der Waals surface area contributed by atoms with Crippen molar-refractivity contribution < 1.29 is 0 Å². The SMILES string of the molecule is CC1CCN(c2ccc(N3CCCC3)cc2)CCN1. The summed E-state index contributed by atoms with van der Waals surface area (Å²) in [5.41, 5.74) is 2.77. The van der Waals surface area contributed by atoms with E-state index in [0.29, 0.717) is 6.04 Å². The molecular formula is C16H25N3. The molecule has 19 heavy (non-hydrogen) atoms. The molecule has 2 fully saturated rings. The largest absolute Gasteiger partial charge is 0.372 e. The molecule has 0 saturated carbocycles. The van der Waals surface area contributed by atoms with E-state index in [-0.39, 0.29) is 0 Å². The highest BCUT2D eigenvalue weighted by Gasteiger charge is 2.15. The van der Waals surface area contributed by atoms with Gasteiger partial charge in [0.25, 0.3) is 0 Å². The third-order valence-corrected chi connectivity index (χ3v) is 4.39. The maximum Gasteiger partial charge on any atom is 0.0368 e. The van der Waals surface area contributed by atoms with Crippen molar-refractivity contribution in [2.45, 2.75) is 32.2 Å². The van der Waals surface area contributed by atoms with Gasteiger partial charge in [-0.2, -0.15) is 0 Å². The van der Waals surface area contributed by atoms with E-state index < -0.39 is 0 Å². The average Bonchev–Trinajstić information content (AvgIpc) is 2.89. The zero-order valence-electron chi connectivity index (χ0n) is 11.9. The molecule has 2 saturated heterocycles. The van der Waals surface area contributed by atoms with Crippen LogP contribution >= 0.6 is 0 Å². The van der Waals surface area contributed by atoms with Gasteiger partial charge in [-0.15, -0.1) is 0 Å². The Bertz CT molecular complexity index is 395. The van der Waals surface area contributed by atoms with Gasteiger partial charge in [-0.25, -0.2) is 0 Å². The molecule has 0 aliphatic carbocycles. The lowest BCUT2D eigenvalue weighted by atomic mass is 10.2. The van der Waals surface area contributed by atoms with E-state index in [1.54, 1.807) is 0 Å². The zero-order chi connectivity index (χ0) is 13.1. The van der Waals surface area contributed by atoms with Crippen molar-refractivity contribution in [2.75, 3.05) is 42.5 Å². The maximum absolute atomic E-state index is 3.55. The van der Waals surface area contributed by atoms with E-state index in [1.165, 1.54) is 43.7 Å². The lowest BCUT2D eigenvalue weighted by Crippen LogP contribution is -2.29. The lowest BCUT2D eigenvalue weighted by molar-refractivity contribution is 0.566. The van der Waals surface area contributed by atoms with Gasteiger partial charge in [0, 0.05) is 50.1 Å². The Kier molecular flexibility index (Phi) is 3.92. The Morgan fingerprint density at radius 1 is 0.895 bits per heavy atom. The van der Waals surface area contributed by atoms with Crippen molar-refractivity contribution >= 4 is 11.4 Å². The minimum atomic E-state index is 0.647. The molecule has 3 rings (SSSR count). The van der Waals surface area contributed by atoms with Gasteiger partial charge in [0.05, 0.1) is 0 Å². The van der Waals surface area contributed by atoms with E-state index >= 15 is 0 Å². The first-order valence-corrected chi connectivity index (χ1v) is 7.66. The number of nitrogens with zero attached hydrogens (tertiary/aromatic N) is 2. The predicted molar refractivity (Wildman–Crippen MR) is 82.2 cm³/mol. The van der Waals surface area contributed by atoms with Crippen LogP contribution in [0.4, 0.5) is 11.4 Å². The highest BCUT2D eigenvalue weighted by molar-refractivity contribution is 5.56. The van der Waals surface area contributed by atoms with Crippen LogP contribution < -0.4 is 15.1 Å². The van der Waals surface area contributed by atoms with Crippen LogP contribution in [0.2, 0.25) is 0 Å². The van der Waals surface area contributed by atoms with Gasteiger partial charge < -0.3 is 15.1 Å². The van der Waals surface area contributed by atoms with Gasteiger partial charge in [-0.1, -0.05) is 0 Å². The number of benzene rings is 1. The maximum atomic E-state index is 3.55. The minimum Gasteiger partial charge on any atom is -0.372 e. The topological polar surface area (TPSA) is 18.5 Å². The number of hydrogen-bond acceptors (Lipinski definition) is 3. The van der Waals surface area contributed by atoms with E-state index in [2.05, 4.69) is 46.3 Å². The van der Waals surface area contributed by atoms with E-state index in [0.717, 1.165) is 19.6 Å². The standard InChI is InChI=1S/C16H25N3/c1-14-8-12-19(13-9-17-14)16-6-4-15(5-7-16)18-10-2-3-11-18/h4-7,14,17H,2-3,8-13H2,1H3. The molecule has 1 aromatic carbocycles. The van der Waals surface area contributed by atoms with Crippen LogP contribution in [0.5, 0.6) is 0 Å². The monoisotopic (exact) mass is 259 g/mol. The van der Waals surface area contributed by atoms with Crippen LogP contribution in [0.25, 0.3) is 0 Å². The Balaban J connectivity index is 1.67. The van der Waals surface area contributed by atoms with E-state index in [9.17, 15) is 0 Å². The van der Waals surface area contributed by atoms with Crippen LogP contribution in [0, 0.1) is 0 Å². The fourth-order valence-electron chi connectivity index (χ4n) is 3.12. The fourth-order valence-corrected chi connectivity index (χ4v) is 3.12. The van der Waals surface area contributed by atoms with Crippen LogP contribution in [0.15, 0.2) is 24.3 Å². The number of rotatable bonds is 2.